The third-order valence-electron chi connectivity index (χ3n) is 3.58. The number of benzene rings is 1. The normalized spacial score (nSPS) is 18.7. The highest BCUT2D eigenvalue weighted by Gasteiger charge is 2.12. The van der Waals surface area contributed by atoms with Crippen molar-refractivity contribution >= 4 is 5.96 Å². The molecule has 0 bridgehead atoms. The molecule has 0 amide bonds. The van der Waals surface area contributed by atoms with Gasteiger partial charge >= 0.3 is 0 Å². The minimum Gasteiger partial charge on any atom is -0.370 e. The number of aliphatic imine (C=N–C) groups is 1. The summed E-state index contributed by atoms with van der Waals surface area (Å²) >= 11 is 0. The number of likely N-dealkylation sites (tertiary alicyclic amines) is 1. The summed E-state index contributed by atoms with van der Waals surface area (Å²) in [5.41, 5.74) is 7.38. The van der Waals surface area contributed by atoms with Crippen molar-refractivity contribution in [3.8, 4) is 0 Å². The topological polar surface area (TPSA) is 41.6 Å². The molecule has 1 fully saturated rings. The first kappa shape index (κ1) is 12.9. The molecule has 2 N–H and O–H groups in total. The number of nitrogens with two attached hydrogens (primary N) is 1. The van der Waals surface area contributed by atoms with Gasteiger partial charge in [-0.3, -0.25) is 4.99 Å². The van der Waals surface area contributed by atoms with Crippen LogP contribution in [0.1, 0.15) is 37.7 Å². The number of hydrogen-bond acceptors (Lipinski definition) is 1. The standard InChI is InChI=1S/C15H23N3/c1-13(14-8-4-2-5-9-14)12-17-15(16)18-10-6-3-7-11-18/h2,4-5,8-9,13H,3,6-7,10-12H2,1H3,(H2,16,17). The van der Waals surface area contributed by atoms with Gasteiger partial charge in [0.2, 0.25) is 0 Å². The lowest BCUT2D eigenvalue weighted by atomic mass is 10.0. The zero-order valence-corrected chi connectivity index (χ0v) is 11.2. The van der Waals surface area contributed by atoms with E-state index in [-0.39, 0.29) is 0 Å². The molecule has 1 unspecified atom stereocenters. The molecule has 1 aliphatic heterocycles. The van der Waals surface area contributed by atoms with Crippen molar-refractivity contribution in [2.75, 3.05) is 19.6 Å². The molecule has 3 nitrogen and oxygen atoms in total. The van der Waals surface area contributed by atoms with Crippen molar-refractivity contribution in [2.45, 2.75) is 32.1 Å². The van der Waals surface area contributed by atoms with Gasteiger partial charge in [0.25, 0.3) is 0 Å². The Morgan fingerprint density at radius 3 is 2.56 bits per heavy atom. The Morgan fingerprint density at radius 1 is 1.22 bits per heavy atom. The van der Waals surface area contributed by atoms with Gasteiger partial charge in [-0.25, -0.2) is 0 Å². The van der Waals surface area contributed by atoms with Crippen molar-refractivity contribution in [2.24, 2.45) is 10.7 Å². The van der Waals surface area contributed by atoms with Crippen LogP contribution in [0.25, 0.3) is 0 Å². The third-order valence-corrected chi connectivity index (χ3v) is 3.58. The average molecular weight is 245 g/mol. The Morgan fingerprint density at radius 2 is 1.89 bits per heavy atom. The maximum absolute atomic E-state index is 6.05. The molecule has 1 heterocycles. The van der Waals surface area contributed by atoms with Crippen molar-refractivity contribution in [3.63, 3.8) is 0 Å². The van der Waals surface area contributed by atoms with E-state index in [9.17, 15) is 0 Å². The molecular weight excluding hydrogens is 222 g/mol. The zero-order valence-electron chi connectivity index (χ0n) is 11.2. The number of nitrogens with zero attached hydrogens (tertiary/aromatic N) is 2. The van der Waals surface area contributed by atoms with E-state index in [2.05, 4.69) is 41.1 Å². The first-order valence-electron chi connectivity index (χ1n) is 6.87. The quantitative estimate of drug-likeness (QED) is 0.657. The van der Waals surface area contributed by atoms with Crippen LogP contribution in [0.2, 0.25) is 0 Å². The molecule has 1 aromatic rings. The van der Waals surface area contributed by atoms with Crippen molar-refractivity contribution < 1.29 is 0 Å². The second-order valence-corrected chi connectivity index (χ2v) is 5.06. The highest BCUT2D eigenvalue weighted by molar-refractivity contribution is 5.78. The lowest BCUT2D eigenvalue weighted by Gasteiger charge is -2.27. The molecule has 0 spiro atoms. The van der Waals surface area contributed by atoms with E-state index >= 15 is 0 Å². The highest BCUT2D eigenvalue weighted by Crippen LogP contribution is 2.15. The fraction of sp³-hybridized carbons (Fsp3) is 0.533. The molecule has 0 aliphatic carbocycles. The summed E-state index contributed by atoms with van der Waals surface area (Å²) in [7, 11) is 0. The number of rotatable bonds is 3. The summed E-state index contributed by atoms with van der Waals surface area (Å²) < 4.78 is 0. The molecule has 2 rings (SSSR count). The first-order valence-corrected chi connectivity index (χ1v) is 6.87. The molecule has 3 heteroatoms. The van der Waals surface area contributed by atoms with Gasteiger partial charge in [0.05, 0.1) is 0 Å². The summed E-state index contributed by atoms with van der Waals surface area (Å²) in [5.74, 6) is 1.15. The molecule has 1 saturated heterocycles. The van der Waals surface area contributed by atoms with E-state index in [1.165, 1.54) is 24.8 Å². The molecule has 0 radical (unpaired) electrons. The molecule has 98 valence electrons. The molecule has 1 aliphatic rings. The van der Waals surface area contributed by atoms with E-state index in [1.807, 2.05) is 6.07 Å². The van der Waals surface area contributed by atoms with Crippen LogP contribution in [0, 0.1) is 0 Å². The summed E-state index contributed by atoms with van der Waals surface area (Å²) in [6.07, 6.45) is 3.80. The lowest BCUT2D eigenvalue weighted by Crippen LogP contribution is -2.41. The van der Waals surface area contributed by atoms with Crippen LogP contribution in [0.4, 0.5) is 0 Å². The Balaban J connectivity index is 1.89. The average Bonchev–Trinajstić information content (AvgIpc) is 2.46. The predicted octanol–water partition coefficient (Wildman–Crippen LogP) is 2.59. The van der Waals surface area contributed by atoms with Gasteiger partial charge in [0.1, 0.15) is 0 Å². The Hall–Kier alpha value is -1.51. The molecule has 0 aromatic heterocycles. The minimum absolute atomic E-state index is 0.426. The summed E-state index contributed by atoms with van der Waals surface area (Å²) in [6.45, 7) is 5.10. The fourth-order valence-corrected chi connectivity index (χ4v) is 2.34. The maximum Gasteiger partial charge on any atom is 0.191 e. The van der Waals surface area contributed by atoms with E-state index in [1.54, 1.807) is 0 Å². The van der Waals surface area contributed by atoms with Crippen LogP contribution >= 0.6 is 0 Å². The Labute approximate surface area is 110 Å². The first-order chi connectivity index (χ1) is 8.77. The molecule has 18 heavy (non-hydrogen) atoms. The second-order valence-electron chi connectivity index (χ2n) is 5.06. The van der Waals surface area contributed by atoms with Crippen LogP contribution < -0.4 is 5.73 Å². The zero-order chi connectivity index (χ0) is 12.8. The fourth-order valence-electron chi connectivity index (χ4n) is 2.34. The van der Waals surface area contributed by atoms with Crippen LogP contribution in [-0.4, -0.2) is 30.5 Å². The Kier molecular flexibility index (Phi) is 4.62. The van der Waals surface area contributed by atoms with E-state index in [0.29, 0.717) is 5.92 Å². The largest absolute Gasteiger partial charge is 0.370 e. The van der Waals surface area contributed by atoms with Gasteiger partial charge in [-0.05, 0) is 24.8 Å². The third kappa shape index (κ3) is 3.49. The summed E-state index contributed by atoms with van der Waals surface area (Å²) in [6, 6.07) is 10.5. The summed E-state index contributed by atoms with van der Waals surface area (Å²) in [4.78, 5) is 6.75. The molecular formula is C15H23N3. The number of hydrogen-bond donors (Lipinski definition) is 1. The maximum atomic E-state index is 6.05. The lowest BCUT2D eigenvalue weighted by molar-refractivity contribution is 0.338. The van der Waals surface area contributed by atoms with Crippen molar-refractivity contribution in [1.82, 2.24) is 4.90 Å². The van der Waals surface area contributed by atoms with Crippen LogP contribution in [0.3, 0.4) is 0 Å². The Bertz CT molecular complexity index is 380. The van der Waals surface area contributed by atoms with E-state index < -0.39 is 0 Å². The van der Waals surface area contributed by atoms with Gasteiger partial charge in [-0.2, -0.15) is 0 Å². The summed E-state index contributed by atoms with van der Waals surface area (Å²) in [5, 5.41) is 0. The SMILES string of the molecule is CC(CN=C(N)N1CCCCC1)c1ccccc1. The number of guanidine groups is 1. The van der Waals surface area contributed by atoms with Crippen molar-refractivity contribution in [3.05, 3.63) is 35.9 Å². The molecule has 1 atom stereocenters. The second kappa shape index (κ2) is 6.43. The van der Waals surface area contributed by atoms with Gasteiger partial charge in [0, 0.05) is 25.6 Å². The van der Waals surface area contributed by atoms with E-state index in [0.717, 1.165) is 25.6 Å². The minimum atomic E-state index is 0.426. The molecule has 0 saturated carbocycles. The van der Waals surface area contributed by atoms with Gasteiger partial charge in [-0.15, -0.1) is 0 Å². The van der Waals surface area contributed by atoms with Gasteiger partial charge in [-0.1, -0.05) is 37.3 Å². The number of piperidine rings is 1. The molecule has 1 aromatic carbocycles. The van der Waals surface area contributed by atoms with Crippen LogP contribution in [0.5, 0.6) is 0 Å². The highest BCUT2D eigenvalue weighted by atomic mass is 15.2. The van der Waals surface area contributed by atoms with Crippen LogP contribution in [0.15, 0.2) is 35.3 Å². The monoisotopic (exact) mass is 245 g/mol. The van der Waals surface area contributed by atoms with E-state index in [4.69, 9.17) is 5.73 Å². The van der Waals surface area contributed by atoms with Crippen molar-refractivity contribution in [1.29, 1.82) is 0 Å². The van der Waals surface area contributed by atoms with Crippen LogP contribution in [-0.2, 0) is 0 Å². The van der Waals surface area contributed by atoms with Gasteiger partial charge in [0.15, 0.2) is 5.96 Å². The smallest absolute Gasteiger partial charge is 0.191 e. The predicted molar refractivity (Wildman–Crippen MR) is 76.8 cm³/mol. The van der Waals surface area contributed by atoms with Gasteiger partial charge < -0.3 is 10.6 Å².